The quantitative estimate of drug-likeness (QED) is 0.839. The molecule has 4 atom stereocenters. The first-order valence-corrected chi connectivity index (χ1v) is 8.69. The molecule has 4 unspecified atom stereocenters. The lowest BCUT2D eigenvalue weighted by molar-refractivity contribution is -0.138. The standard InChI is InChI=1S/C17H32N2O/c1-4-10-18-16-9-11-19(12-14(16)5-2)17(20)15-8-6-7-13(15)3/h13-16,18H,4-12H2,1-3H3. The van der Waals surface area contributed by atoms with Crippen LogP contribution in [0.1, 0.15) is 59.3 Å². The maximum atomic E-state index is 12.7. The number of piperidine rings is 1. The Balaban J connectivity index is 1.90. The van der Waals surface area contributed by atoms with Crippen molar-refractivity contribution in [2.45, 2.75) is 65.3 Å². The molecule has 3 nitrogen and oxygen atoms in total. The van der Waals surface area contributed by atoms with Crippen molar-refractivity contribution in [1.29, 1.82) is 0 Å². The van der Waals surface area contributed by atoms with Crippen molar-refractivity contribution in [3.8, 4) is 0 Å². The number of hydrogen-bond donors (Lipinski definition) is 1. The summed E-state index contributed by atoms with van der Waals surface area (Å²) in [5.41, 5.74) is 0. The van der Waals surface area contributed by atoms with Gasteiger partial charge in [0.25, 0.3) is 0 Å². The third kappa shape index (κ3) is 3.55. The average Bonchev–Trinajstić information content (AvgIpc) is 2.90. The lowest BCUT2D eigenvalue weighted by atomic mass is 9.88. The van der Waals surface area contributed by atoms with E-state index >= 15 is 0 Å². The first-order valence-electron chi connectivity index (χ1n) is 8.69. The zero-order chi connectivity index (χ0) is 14.5. The fourth-order valence-corrected chi connectivity index (χ4v) is 3.99. The van der Waals surface area contributed by atoms with Gasteiger partial charge in [0.05, 0.1) is 0 Å². The monoisotopic (exact) mass is 280 g/mol. The van der Waals surface area contributed by atoms with Crippen LogP contribution in [0.3, 0.4) is 0 Å². The van der Waals surface area contributed by atoms with E-state index in [2.05, 4.69) is 31.0 Å². The van der Waals surface area contributed by atoms with Crippen molar-refractivity contribution in [1.82, 2.24) is 10.2 Å². The topological polar surface area (TPSA) is 32.3 Å². The van der Waals surface area contributed by atoms with E-state index in [1.165, 1.54) is 25.7 Å². The Morgan fingerprint density at radius 1 is 1.25 bits per heavy atom. The van der Waals surface area contributed by atoms with E-state index in [-0.39, 0.29) is 0 Å². The average molecular weight is 280 g/mol. The fourth-order valence-electron chi connectivity index (χ4n) is 3.99. The molecule has 1 aliphatic heterocycles. The number of hydrogen-bond acceptors (Lipinski definition) is 2. The maximum absolute atomic E-state index is 12.7. The molecule has 3 heteroatoms. The van der Waals surface area contributed by atoms with Gasteiger partial charge in [-0.05, 0) is 44.1 Å². The zero-order valence-electron chi connectivity index (χ0n) is 13.5. The molecule has 1 N–H and O–H groups in total. The van der Waals surface area contributed by atoms with Crippen molar-refractivity contribution < 1.29 is 4.79 Å². The highest BCUT2D eigenvalue weighted by molar-refractivity contribution is 5.79. The molecule has 1 saturated carbocycles. The van der Waals surface area contributed by atoms with E-state index in [0.29, 0.717) is 29.7 Å². The second-order valence-electron chi connectivity index (χ2n) is 6.82. The van der Waals surface area contributed by atoms with Crippen LogP contribution in [-0.2, 0) is 4.79 Å². The first kappa shape index (κ1) is 15.8. The zero-order valence-corrected chi connectivity index (χ0v) is 13.5. The summed E-state index contributed by atoms with van der Waals surface area (Å²) in [6, 6.07) is 0.616. The Bertz CT molecular complexity index is 318. The molecule has 0 aromatic heterocycles. The third-order valence-corrected chi connectivity index (χ3v) is 5.41. The van der Waals surface area contributed by atoms with Gasteiger partial charge in [0.1, 0.15) is 0 Å². The Kier molecular flexibility index (Phi) is 5.88. The van der Waals surface area contributed by atoms with Crippen LogP contribution in [0.15, 0.2) is 0 Å². The minimum Gasteiger partial charge on any atom is -0.342 e. The summed E-state index contributed by atoms with van der Waals surface area (Å²) < 4.78 is 0. The van der Waals surface area contributed by atoms with E-state index in [4.69, 9.17) is 0 Å². The molecule has 1 heterocycles. The minimum absolute atomic E-state index is 0.313. The lowest BCUT2D eigenvalue weighted by Gasteiger charge is -2.40. The Hall–Kier alpha value is -0.570. The van der Waals surface area contributed by atoms with Gasteiger partial charge in [-0.1, -0.05) is 33.6 Å². The second-order valence-corrected chi connectivity index (χ2v) is 6.82. The van der Waals surface area contributed by atoms with Crippen molar-refractivity contribution in [3.63, 3.8) is 0 Å². The van der Waals surface area contributed by atoms with Gasteiger partial charge in [-0.2, -0.15) is 0 Å². The number of carbonyl (C=O) groups is 1. The predicted octanol–water partition coefficient (Wildman–Crippen LogP) is 3.05. The van der Waals surface area contributed by atoms with Crippen LogP contribution in [0.4, 0.5) is 0 Å². The predicted molar refractivity (Wildman–Crippen MR) is 83.6 cm³/mol. The first-order chi connectivity index (χ1) is 9.67. The summed E-state index contributed by atoms with van der Waals surface area (Å²) >= 11 is 0. The van der Waals surface area contributed by atoms with Crippen molar-refractivity contribution in [2.75, 3.05) is 19.6 Å². The molecule has 0 aromatic rings. The highest BCUT2D eigenvalue weighted by Crippen LogP contribution is 2.33. The number of carbonyl (C=O) groups excluding carboxylic acids is 1. The highest BCUT2D eigenvalue weighted by atomic mass is 16.2. The normalized spacial score (nSPS) is 34.5. The van der Waals surface area contributed by atoms with Gasteiger partial charge in [-0.25, -0.2) is 0 Å². The number of nitrogens with zero attached hydrogens (tertiary/aromatic N) is 1. The van der Waals surface area contributed by atoms with Crippen LogP contribution < -0.4 is 5.32 Å². The SMILES string of the molecule is CCCNC1CCN(C(=O)C2CCCC2C)CC1CC. The van der Waals surface area contributed by atoms with Gasteiger partial charge in [0.15, 0.2) is 0 Å². The van der Waals surface area contributed by atoms with E-state index in [1.54, 1.807) is 0 Å². The summed E-state index contributed by atoms with van der Waals surface area (Å²) in [6.07, 6.45) is 7.09. The van der Waals surface area contributed by atoms with Crippen molar-refractivity contribution in [3.05, 3.63) is 0 Å². The Morgan fingerprint density at radius 3 is 2.65 bits per heavy atom. The lowest BCUT2D eigenvalue weighted by Crippen LogP contribution is -2.52. The van der Waals surface area contributed by atoms with Gasteiger partial charge in [0.2, 0.25) is 5.91 Å². The molecule has 0 bridgehead atoms. The van der Waals surface area contributed by atoms with E-state index in [0.717, 1.165) is 32.5 Å². The third-order valence-electron chi connectivity index (χ3n) is 5.41. The smallest absolute Gasteiger partial charge is 0.225 e. The van der Waals surface area contributed by atoms with E-state index in [9.17, 15) is 4.79 Å². The van der Waals surface area contributed by atoms with Gasteiger partial charge in [0, 0.05) is 25.0 Å². The summed E-state index contributed by atoms with van der Waals surface area (Å²) in [5.74, 6) is 1.99. The molecule has 2 aliphatic rings. The van der Waals surface area contributed by atoms with Gasteiger partial charge < -0.3 is 10.2 Å². The molecule has 0 radical (unpaired) electrons. The van der Waals surface area contributed by atoms with Gasteiger partial charge in [-0.15, -0.1) is 0 Å². The summed E-state index contributed by atoms with van der Waals surface area (Å²) in [5, 5.41) is 3.67. The molecular formula is C17H32N2O. The minimum atomic E-state index is 0.313. The highest BCUT2D eigenvalue weighted by Gasteiger charge is 2.36. The van der Waals surface area contributed by atoms with Crippen molar-refractivity contribution >= 4 is 5.91 Å². The number of likely N-dealkylation sites (tertiary alicyclic amines) is 1. The van der Waals surface area contributed by atoms with Crippen LogP contribution in [0.5, 0.6) is 0 Å². The Labute approximate surface area is 124 Å². The molecule has 116 valence electrons. The summed E-state index contributed by atoms with van der Waals surface area (Å²) in [6.45, 7) is 9.77. The summed E-state index contributed by atoms with van der Waals surface area (Å²) in [4.78, 5) is 14.9. The van der Waals surface area contributed by atoms with Gasteiger partial charge >= 0.3 is 0 Å². The van der Waals surface area contributed by atoms with E-state index in [1.807, 2.05) is 0 Å². The van der Waals surface area contributed by atoms with Crippen LogP contribution in [0, 0.1) is 17.8 Å². The number of rotatable bonds is 5. The fraction of sp³-hybridized carbons (Fsp3) is 0.941. The van der Waals surface area contributed by atoms with Crippen LogP contribution in [0.2, 0.25) is 0 Å². The maximum Gasteiger partial charge on any atom is 0.225 e. The van der Waals surface area contributed by atoms with Crippen LogP contribution >= 0.6 is 0 Å². The molecular weight excluding hydrogens is 248 g/mol. The summed E-state index contributed by atoms with van der Waals surface area (Å²) in [7, 11) is 0. The molecule has 0 spiro atoms. The molecule has 1 aliphatic carbocycles. The molecule has 2 fully saturated rings. The number of amides is 1. The van der Waals surface area contributed by atoms with Crippen molar-refractivity contribution in [2.24, 2.45) is 17.8 Å². The van der Waals surface area contributed by atoms with Gasteiger partial charge in [-0.3, -0.25) is 4.79 Å². The molecule has 2 rings (SSSR count). The molecule has 1 saturated heterocycles. The second kappa shape index (κ2) is 7.44. The van der Waals surface area contributed by atoms with Crippen LogP contribution in [0.25, 0.3) is 0 Å². The van der Waals surface area contributed by atoms with Crippen LogP contribution in [-0.4, -0.2) is 36.5 Å². The molecule has 1 amide bonds. The molecule has 0 aromatic carbocycles. The largest absolute Gasteiger partial charge is 0.342 e. The number of nitrogens with one attached hydrogen (secondary N) is 1. The Morgan fingerprint density at radius 2 is 2.05 bits per heavy atom. The van der Waals surface area contributed by atoms with E-state index < -0.39 is 0 Å². The molecule has 20 heavy (non-hydrogen) atoms.